The molecule has 0 aliphatic carbocycles. The molecule has 2 aromatic rings. The van der Waals surface area contributed by atoms with Crippen molar-refractivity contribution >= 4 is 11.3 Å². The third kappa shape index (κ3) is 1.70. The first-order chi connectivity index (χ1) is 6.66. The Morgan fingerprint density at radius 1 is 1.14 bits per heavy atom. The summed E-state index contributed by atoms with van der Waals surface area (Å²) in [5, 5.41) is 1.10. The van der Waals surface area contributed by atoms with Crippen LogP contribution in [0.25, 0.3) is 10.6 Å². The van der Waals surface area contributed by atoms with Crippen LogP contribution in [0.4, 0.5) is 0 Å². The van der Waals surface area contributed by atoms with Crippen LogP contribution in [0.2, 0.25) is 0 Å². The summed E-state index contributed by atoms with van der Waals surface area (Å²) in [6.45, 7) is 8.01. The van der Waals surface area contributed by atoms with E-state index in [1.54, 1.807) is 11.3 Å². The van der Waals surface area contributed by atoms with E-state index >= 15 is 0 Å². The summed E-state index contributed by atoms with van der Waals surface area (Å²) in [6, 6.07) is 8.17. The highest BCUT2D eigenvalue weighted by Crippen LogP contribution is 2.27. The Kier molecular flexibility index (Phi) is 2.38. The first kappa shape index (κ1) is 9.41. The Labute approximate surface area is 88.4 Å². The van der Waals surface area contributed by atoms with Crippen molar-refractivity contribution in [2.45, 2.75) is 13.8 Å². The first-order valence-electron chi connectivity index (χ1n) is 4.53. The van der Waals surface area contributed by atoms with Crippen LogP contribution >= 0.6 is 11.3 Å². The molecule has 1 aromatic heterocycles. The predicted octanol–water partition coefficient (Wildman–Crippen LogP) is 3.61. The van der Waals surface area contributed by atoms with Crippen LogP contribution in [0.5, 0.6) is 0 Å². The molecule has 0 bridgehead atoms. The molecule has 14 heavy (non-hydrogen) atoms. The van der Waals surface area contributed by atoms with Crippen LogP contribution in [0.1, 0.15) is 16.1 Å². The number of hydrogen-bond acceptors (Lipinski definition) is 2. The van der Waals surface area contributed by atoms with Crippen LogP contribution < -0.4 is 0 Å². The van der Waals surface area contributed by atoms with Crippen LogP contribution in [0.15, 0.2) is 24.3 Å². The third-order valence-electron chi connectivity index (χ3n) is 2.23. The molecular weight excluding hydrogens is 190 g/mol. The largest absolute Gasteiger partial charge is 0.241 e. The fraction of sp³-hybridized carbons (Fsp3) is 0.167. The van der Waals surface area contributed by atoms with Gasteiger partial charge in [0.2, 0.25) is 0 Å². The molecule has 0 N–H and O–H groups in total. The second-order valence-electron chi connectivity index (χ2n) is 3.36. The molecule has 0 fully saturated rings. The fourth-order valence-electron chi connectivity index (χ4n) is 1.24. The molecule has 0 unspecified atom stereocenters. The molecule has 2 heteroatoms. The van der Waals surface area contributed by atoms with Crippen molar-refractivity contribution in [3.8, 4) is 10.6 Å². The van der Waals surface area contributed by atoms with Gasteiger partial charge in [-0.05, 0) is 26.3 Å². The number of aromatic nitrogens is 1. The third-order valence-corrected chi connectivity index (χ3v) is 3.35. The van der Waals surface area contributed by atoms with Crippen LogP contribution in [-0.2, 0) is 0 Å². The summed E-state index contributed by atoms with van der Waals surface area (Å²) in [7, 11) is 0. The maximum atomic E-state index is 4.51. The molecule has 0 aliphatic rings. The highest BCUT2D eigenvalue weighted by atomic mass is 32.1. The van der Waals surface area contributed by atoms with Gasteiger partial charge in [0, 0.05) is 10.4 Å². The number of benzene rings is 1. The van der Waals surface area contributed by atoms with Crippen molar-refractivity contribution in [2.24, 2.45) is 0 Å². The Hall–Kier alpha value is -1.15. The summed E-state index contributed by atoms with van der Waals surface area (Å²) in [5.41, 5.74) is 3.35. The van der Waals surface area contributed by atoms with E-state index < -0.39 is 0 Å². The molecular formula is C12H12NS. The Morgan fingerprint density at radius 3 is 2.29 bits per heavy atom. The van der Waals surface area contributed by atoms with Gasteiger partial charge >= 0.3 is 0 Å². The second-order valence-corrected chi connectivity index (χ2v) is 4.56. The monoisotopic (exact) mass is 202 g/mol. The quantitative estimate of drug-likeness (QED) is 0.688. The number of nitrogens with zero attached hydrogens (tertiary/aromatic N) is 1. The average Bonchev–Trinajstić information content (AvgIpc) is 2.48. The van der Waals surface area contributed by atoms with Crippen LogP contribution in [0.3, 0.4) is 0 Å². The zero-order valence-corrected chi connectivity index (χ0v) is 9.19. The molecule has 0 aliphatic heterocycles. The maximum absolute atomic E-state index is 4.51. The lowest BCUT2D eigenvalue weighted by atomic mass is 10.2. The van der Waals surface area contributed by atoms with E-state index in [2.05, 4.69) is 31.0 Å². The molecule has 71 valence electrons. The number of aryl methyl sites for hydroxylation is 2. The van der Waals surface area contributed by atoms with Gasteiger partial charge in [-0.1, -0.05) is 24.3 Å². The number of rotatable bonds is 1. The van der Waals surface area contributed by atoms with E-state index in [-0.39, 0.29) is 0 Å². The molecule has 1 aromatic carbocycles. The molecule has 0 amide bonds. The topological polar surface area (TPSA) is 12.9 Å². The molecule has 0 saturated carbocycles. The van der Waals surface area contributed by atoms with E-state index in [4.69, 9.17) is 0 Å². The Balaban J connectivity index is 2.44. The van der Waals surface area contributed by atoms with E-state index in [9.17, 15) is 0 Å². The minimum atomic E-state index is 1.04. The zero-order chi connectivity index (χ0) is 10.1. The Morgan fingerprint density at radius 2 is 1.79 bits per heavy atom. The van der Waals surface area contributed by atoms with E-state index in [0.29, 0.717) is 0 Å². The van der Waals surface area contributed by atoms with Gasteiger partial charge in [0.15, 0.2) is 0 Å². The molecule has 0 saturated heterocycles. The van der Waals surface area contributed by atoms with E-state index in [0.717, 1.165) is 16.3 Å². The van der Waals surface area contributed by atoms with Crippen LogP contribution in [0, 0.1) is 20.8 Å². The molecule has 1 heterocycles. The van der Waals surface area contributed by atoms with Gasteiger partial charge < -0.3 is 0 Å². The normalized spacial score (nSPS) is 10.5. The SMILES string of the molecule is [CH2]c1ccc(-c2nc(C)c(C)s2)cc1. The van der Waals surface area contributed by atoms with E-state index in [1.165, 1.54) is 10.4 Å². The number of hydrogen-bond donors (Lipinski definition) is 0. The van der Waals surface area contributed by atoms with Gasteiger partial charge in [0.05, 0.1) is 5.69 Å². The van der Waals surface area contributed by atoms with Crippen molar-refractivity contribution in [3.05, 3.63) is 47.3 Å². The first-order valence-corrected chi connectivity index (χ1v) is 5.35. The van der Waals surface area contributed by atoms with Crippen molar-refractivity contribution in [1.29, 1.82) is 0 Å². The lowest BCUT2D eigenvalue weighted by Crippen LogP contribution is -1.77. The smallest absolute Gasteiger partial charge is 0.123 e. The predicted molar refractivity (Wildman–Crippen MR) is 61.5 cm³/mol. The highest BCUT2D eigenvalue weighted by molar-refractivity contribution is 7.15. The van der Waals surface area contributed by atoms with Crippen molar-refractivity contribution < 1.29 is 0 Å². The molecule has 0 spiro atoms. The molecule has 1 radical (unpaired) electrons. The van der Waals surface area contributed by atoms with Gasteiger partial charge in [-0.2, -0.15) is 0 Å². The standard InChI is InChI=1S/C12H12NS/c1-8-4-6-11(7-5-8)12-13-9(2)10(3)14-12/h4-7H,1H2,2-3H3. The van der Waals surface area contributed by atoms with Gasteiger partial charge in [0.25, 0.3) is 0 Å². The van der Waals surface area contributed by atoms with Gasteiger partial charge in [-0.3, -0.25) is 0 Å². The summed E-state index contributed by atoms with van der Waals surface area (Å²) in [5.74, 6) is 0. The minimum absolute atomic E-state index is 1.04. The zero-order valence-electron chi connectivity index (χ0n) is 8.37. The van der Waals surface area contributed by atoms with Gasteiger partial charge in [-0.25, -0.2) is 4.98 Å². The highest BCUT2D eigenvalue weighted by Gasteiger charge is 2.04. The average molecular weight is 202 g/mol. The van der Waals surface area contributed by atoms with Gasteiger partial charge in [-0.15, -0.1) is 11.3 Å². The summed E-state index contributed by atoms with van der Waals surface area (Å²) < 4.78 is 0. The van der Waals surface area contributed by atoms with Crippen LogP contribution in [-0.4, -0.2) is 4.98 Å². The summed E-state index contributed by atoms with van der Waals surface area (Å²) in [4.78, 5) is 5.80. The number of thiazole rings is 1. The van der Waals surface area contributed by atoms with Crippen molar-refractivity contribution in [1.82, 2.24) is 4.98 Å². The van der Waals surface area contributed by atoms with Crippen molar-refractivity contribution in [3.63, 3.8) is 0 Å². The fourth-order valence-corrected chi connectivity index (χ4v) is 2.16. The van der Waals surface area contributed by atoms with E-state index in [1.807, 2.05) is 19.1 Å². The summed E-state index contributed by atoms with van der Waals surface area (Å²) in [6.07, 6.45) is 0. The lowest BCUT2D eigenvalue weighted by molar-refractivity contribution is 1.23. The van der Waals surface area contributed by atoms with Gasteiger partial charge in [0.1, 0.15) is 5.01 Å². The maximum Gasteiger partial charge on any atom is 0.123 e. The molecule has 1 nitrogen and oxygen atoms in total. The molecule has 0 atom stereocenters. The Bertz CT molecular complexity index is 420. The second kappa shape index (κ2) is 3.54. The lowest BCUT2D eigenvalue weighted by Gasteiger charge is -1.95. The summed E-state index contributed by atoms with van der Waals surface area (Å²) >= 11 is 1.74. The molecule has 2 rings (SSSR count). The van der Waals surface area contributed by atoms with Crippen molar-refractivity contribution in [2.75, 3.05) is 0 Å². The minimum Gasteiger partial charge on any atom is -0.241 e.